The number of hydrogen-bond acceptors (Lipinski definition) is 1. The van der Waals surface area contributed by atoms with Gasteiger partial charge in [0.1, 0.15) is 0 Å². The molecule has 1 saturated heterocycles. The standard InChI is InChI=1S/C11H11BrClNO/c1-7-4-9(13)2-3-10(7)14-6-8(12)5-11(14)15/h2-4,8H,5-6H2,1H3. The molecule has 0 saturated carbocycles. The van der Waals surface area contributed by atoms with Crippen LogP contribution in [-0.4, -0.2) is 17.3 Å². The van der Waals surface area contributed by atoms with Crippen LogP contribution < -0.4 is 4.90 Å². The van der Waals surface area contributed by atoms with Gasteiger partial charge in [-0.25, -0.2) is 0 Å². The van der Waals surface area contributed by atoms with E-state index in [4.69, 9.17) is 11.6 Å². The largest absolute Gasteiger partial charge is 0.311 e. The topological polar surface area (TPSA) is 20.3 Å². The monoisotopic (exact) mass is 287 g/mol. The lowest BCUT2D eigenvalue weighted by Gasteiger charge is -2.18. The van der Waals surface area contributed by atoms with E-state index in [0.717, 1.165) is 17.8 Å². The number of amides is 1. The van der Waals surface area contributed by atoms with Crippen molar-refractivity contribution in [2.75, 3.05) is 11.4 Å². The summed E-state index contributed by atoms with van der Waals surface area (Å²) < 4.78 is 0. The lowest BCUT2D eigenvalue weighted by Crippen LogP contribution is -2.25. The van der Waals surface area contributed by atoms with Crippen molar-refractivity contribution in [3.05, 3.63) is 28.8 Å². The Hall–Kier alpha value is -0.540. The van der Waals surface area contributed by atoms with Crippen molar-refractivity contribution >= 4 is 39.1 Å². The molecule has 1 aromatic carbocycles. The molecule has 0 aliphatic carbocycles. The Balaban J connectivity index is 2.34. The second-order valence-electron chi connectivity index (χ2n) is 3.74. The van der Waals surface area contributed by atoms with Gasteiger partial charge in [-0.3, -0.25) is 4.79 Å². The van der Waals surface area contributed by atoms with E-state index in [1.165, 1.54) is 0 Å². The molecule has 1 atom stereocenters. The van der Waals surface area contributed by atoms with E-state index in [-0.39, 0.29) is 10.7 Å². The number of alkyl halides is 1. The zero-order valence-corrected chi connectivity index (χ0v) is 10.7. The fourth-order valence-corrected chi connectivity index (χ4v) is 2.61. The van der Waals surface area contributed by atoms with Gasteiger partial charge in [-0.2, -0.15) is 0 Å². The number of nitrogens with zero attached hydrogens (tertiary/aromatic N) is 1. The Morgan fingerprint density at radius 2 is 2.27 bits per heavy atom. The van der Waals surface area contributed by atoms with Gasteiger partial charge in [0, 0.05) is 28.5 Å². The Morgan fingerprint density at radius 1 is 1.53 bits per heavy atom. The van der Waals surface area contributed by atoms with Crippen LogP contribution in [0.2, 0.25) is 5.02 Å². The maximum Gasteiger partial charge on any atom is 0.228 e. The van der Waals surface area contributed by atoms with Crippen LogP contribution in [0.15, 0.2) is 18.2 Å². The number of halogens is 2. The first-order valence-electron chi connectivity index (χ1n) is 4.78. The maximum atomic E-state index is 11.7. The molecular weight excluding hydrogens is 277 g/mol. The molecule has 1 fully saturated rings. The van der Waals surface area contributed by atoms with E-state index in [1.807, 2.05) is 30.0 Å². The third-order valence-electron chi connectivity index (χ3n) is 2.53. The summed E-state index contributed by atoms with van der Waals surface area (Å²) in [6, 6.07) is 5.60. The normalized spacial score (nSPS) is 21.1. The zero-order valence-electron chi connectivity index (χ0n) is 8.34. The van der Waals surface area contributed by atoms with Crippen LogP contribution in [0, 0.1) is 6.92 Å². The number of rotatable bonds is 1. The summed E-state index contributed by atoms with van der Waals surface area (Å²) in [5.41, 5.74) is 2.00. The van der Waals surface area contributed by atoms with Crippen LogP contribution in [-0.2, 0) is 4.79 Å². The first-order chi connectivity index (χ1) is 7.08. The summed E-state index contributed by atoms with van der Waals surface area (Å²) in [6.07, 6.45) is 0.571. The fourth-order valence-electron chi connectivity index (χ4n) is 1.82. The van der Waals surface area contributed by atoms with E-state index >= 15 is 0 Å². The first kappa shape index (κ1) is 11.0. The van der Waals surface area contributed by atoms with E-state index in [2.05, 4.69) is 15.9 Å². The van der Waals surface area contributed by atoms with Crippen molar-refractivity contribution < 1.29 is 4.79 Å². The van der Waals surface area contributed by atoms with Gasteiger partial charge in [-0.15, -0.1) is 0 Å². The molecule has 80 valence electrons. The summed E-state index contributed by atoms with van der Waals surface area (Å²) in [5, 5.41) is 0.707. The molecule has 0 radical (unpaired) electrons. The van der Waals surface area contributed by atoms with Crippen LogP contribution in [0.25, 0.3) is 0 Å². The summed E-state index contributed by atoms with van der Waals surface area (Å²) in [6.45, 7) is 2.71. The third kappa shape index (κ3) is 2.18. The van der Waals surface area contributed by atoms with E-state index < -0.39 is 0 Å². The molecule has 0 N–H and O–H groups in total. The Labute approximate surface area is 102 Å². The van der Waals surface area contributed by atoms with Gasteiger partial charge in [-0.05, 0) is 30.7 Å². The minimum absolute atomic E-state index is 0.169. The highest BCUT2D eigenvalue weighted by molar-refractivity contribution is 9.09. The van der Waals surface area contributed by atoms with Crippen molar-refractivity contribution in [2.24, 2.45) is 0 Å². The molecule has 0 spiro atoms. The molecule has 1 heterocycles. The third-order valence-corrected chi connectivity index (χ3v) is 3.38. The van der Waals surface area contributed by atoms with Gasteiger partial charge < -0.3 is 4.90 Å². The number of benzene rings is 1. The molecule has 0 bridgehead atoms. The summed E-state index contributed by atoms with van der Waals surface area (Å²) in [4.78, 5) is 13.8. The zero-order chi connectivity index (χ0) is 11.0. The average molecular weight is 289 g/mol. The lowest BCUT2D eigenvalue weighted by atomic mass is 10.2. The Morgan fingerprint density at radius 3 is 2.80 bits per heavy atom. The van der Waals surface area contributed by atoms with Crippen LogP contribution in [0.3, 0.4) is 0 Å². The molecule has 2 rings (SSSR count). The predicted octanol–water partition coefficient (Wildman–Crippen LogP) is 3.15. The molecule has 2 nitrogen and oxygen atoms in total. The quantitative estimate of drug-likeness (QED) is 0.727. The second kappa shape index (κ2) is 4.14. The van der Waals surface area contributed by atoms with Crippen molar-refractivity contribution in [2.45, 2.75) is 18.2 Å². The fraction of sp³-hybridized carbons (Fsp3) is 0.364. The van der Waals surface area contributed by atoms with Crippen molar-refractivity contribution in [3.63, 3.8) is 0 Å². The van der Waals surface area contributed by atoms with Crippen LogP contribution in [0.4, 0.5) is 5.69 Å². The number of anilines is 1. The summed E-state index contributed by atoms with van der Waals surface area (Å²) in [7, 11) is 0. The molecule has 1 aliphatic heterocycles. The van der Waals surface area contributed by atoms with Crippen LogP contribution >= 0.6 is 27.5 Å². The van der Waals surface area contributed by atoms with Crippen molar-refractivity contribution in [1.29, 1.82) is 0 Å². The first-order valence-corrected chi connectivity index (χ1v) is 6.08. The van der Waals surface area contributed by atoms with Gasteiger partial charge in [0.15, 0.2) is 0 Å². The minimum Gasteiger partial charge on any atom is -0.311 e. The summed E-state index contributed by atoms with van der Waals surface area (Å²) >= 11 is 9.34. The van der Waals surface area contributed by atoms with Gasteiger partial charge in [0.25, 0.3) is 0 Å². The predicted molar refractivity (Wildman–Crippen MR) is 65.9 cm³/mol. The molecule has 1 unspecified atom stereocenters. The lowest BCUT2D eigenvalue weighted by molar-refractivity contribution is -0.117. The number of aryl methyl sites for hydroxylation is 1. The van der Waals surface area contributed by atoms with Crippen molar-refractivity contribution in [3.8, 4) is 0 Å². The van der Waals surface area contributed by atoms with Gasteiger partial charge in [-0.1, -0.05) is 27.5 Å². The highest BCUT2D eigenvalue weighted by Crippen LogP contribution is 2.29. The second-order valence-corrected chi connectivity index (χ2v) is 5.47. The molecule has 15 heavy (non-hydrogen) atoms. The minimum atomic E-state index is 0.169. The average Bonchev–Trinajstić information content (AvgIpc) is 2.45. The Kier molecular flexibility index (Phi) is 3.03. The molecular formula is C11H11BrClNO. The molecule has 0 aromatic heterocycles. The molecule has 1 amide bonds. The Bertz CT molecular complexity index is 408. The maximum absolute atomic E-state index is 11.7. The van der Waals surface area contributed by atoms with Gasteiger partial charge in [0.2, 0.25) is 5.91 Å². The highest BCUT2D eigenvalue weighted by Gasteiger charge is 2.29. The van der Waals surface area contributed by atoms with Crippen LogP contribution in [0.1, 0.15) is 12.0 Å². The van der Waals surface area contributed by atoms with E-state index in [1.54, 1.807) is 0 Å². The SMILES string of the molecule is Cc1cc(Cl)ccc1N1CC(Br)CC1=O. The van der Waals surface area contributed by atoms with E-state index in [0.29, 0.717) is 11.4 Å². The molecule has 1 aromatic rings. The smallest absolute Gasteiger partial charge is 0.228 e. The van der Waals surface area contributed by atoms with Gasteiger partial charge in [0.05, 0.1) is 0 Å². The van der Waals surface area contributed by atoms with Crippen molar-refractivity contribution in [1.82, 2.24) is 0 Å². The number of carbonyl (C=O) groups is 1. The van der Waals surface area contributed by atoms with Crippen LogP contribution in [0.5, 0.6) is 0 Å². The summed E-state index contributed by atoms with van der Waals surface area (Å²) in [5.74, 6) is 0.169. The van der Waals surface area contributed by atoms with E-state index in [9.17, 15) is 4.79 Å². The molecule has 4 heteroatoms. The molecule has 1 aliphatic rings. The van der Waals surface area contributed by atoms with Gasteiger partial charge >= 0.3 is 0 Å². The highest BCUT2D eigenvalue weighted by atomic mass is 79.9. The number of hydrogen-bond donors (Lipinski definition) is 0. The number of carbonyl (C=O) groups excluding carboxylic acids is 1.